The van der Waals surface area contributed by atoms with Gasteiger partial charge in [0.1, 0.15) is 5.69 Å². The molecule has 1 heterocycles. The van der Waals surface area contributed by atoms with Gasteiger partial charge in [0, 0.05) is 5.56 Å². The molecule has 0 bridgehead atoms. The van der Waals surface area contributed by atoms with Crippen LogP contribution in [0.1, 0.15) is 36.9 Å². The Labute approximate surface area is 132 Å². The van der Waals surface area contributed by atoms with E-state index in [1.165, 1.54) is 0 Å². The molecule has 1 aromatic heterocycles. The maximum Gasteiger partial charge on any atom is 0.163 e. The first kappa shape index (κ1) is 16.1. The van der Waals surface area contributed by atoms with Crippen molar-refractivity contribution in [3.63, 3.8) is 0 Å². The first-order valence-electron chi connectivity index (χ1n) is 6.70. The molecule has 1 unspecified atom stereocenters. The van der Waals surface area contributed by atoms with Crippen LogP contribution in [0.25, 0.3) is 11.9 Å². The van der Waals surface area contributed by atoms with Crippen molar-refractivity contribution >= 4 is 27.8 Å². The molecule has 2 rings (SSSR count). The zero-order valence-electron chi connectivity index (χ0n) is 11.9. The first-order chi connectivity index (χ1) is 9.99. The molecule has 1 N–H and O–H groups in total. The topological polar surface area (TPSA) is 42.4 Å². The fourth-order valence-corrected chi connectivity index (χ4v) is 2.22. The Morgan fingerprint density at radius 3 is 2.71 bits per heavy atom. The second-order valence-electron chi connectivity index (χ2n) is 4.88. The normalized spacial score (nSPS) is 17.2. The number of pyridine rings is 1. The van der Waals surface area contributed by atoms with Gasteiger partial charge in [-0.15, -0.1) is 0 Å². The second-order valence-corrected chi connectivity index (χ2v) is 5.73. The maximum atomic E-state index is 14.4. The number of hydrogen-bond acceptors (Lipinski definition) is 3. The average Bonchev–Trinajstić information content (AvgIpc) is 2.46. The Kier molecular flexibility index (Phi) is 5.45. The molecule has 3 nitrogen and oxygen atoms in total. The molecule has 5 heteroatoms. The van der Waals surface area contributed by atoms with Crippen molar-refractivity contribution in [3.05, 3.63) is 51.8 Å². The van der Waals surface area contributed by atoms with Gasteiger partial charge >= 0.3 is 0 Å². The SMILES string of the molecule is CC(O)CO[C@H](C)c1ccc2c(n1)C(F)=C(Br)C=CC=C2. The Hall–Kier alpha value is -1.30. The Morgan fingerprint density at radius 1 is 1.29 bits per heavy atom. The zero-order valence-corrected chi connectivity index (χ0v) is 13.5. The van der Waals surface area contributed by atoms with Crippen molar-refractivity contribution in [2.24, 2.45) is 0 Å². The molecule has 1 aromatic rings. The predicted molar refractivity (Wildman–Crippen MR) is 85.4 cm³/mol. The van der Waals surface area contributed by atoms with Gasteiger partial charge in [0.25, 0.3) is 0 Å². The van der Waals surface area contributed by atoms with Crippen molar-refractivity contribution in [2.45, 2.75) is 26.1 Å². The van der Waals surface area contributed by atoms with Crippen molar-refractivity contribution < 1.29 is 14.2 Å². The van der Waals surface area contributed by atoms with E-state index in [2.05, 4.69) is 20.9 Å². The van der Waals surface area contributed by atoms with E-state index >= 15 is 0 Å². The largest absolute Gasteiger partial charge is 0.391 e. The van der Waals surface area contributed by atoms with Crippen LogP contribution in [-0.4, -0.2) is 22.8 Å². The van der Waals surface area contributed by atoms with Gasteiger partial charge in [-0.3, -0.25) is 0 Å². The minimum atomic E-state index is -0.546. The third-order valence-corrected chi connectivity index (χ3v) is 3.61. The average molecular weight is 354 g/mol. The number of aliphatic hydroxyl groups excluding tert-OH is 1. The molecule has 112 valence electrons. The fourth-order valence-electron chi connectivity index (χ4n) is 1.88. The summed E-state index contributed by atoms with van der Waals surface area (Å²) in [5.74, 6) is -0.407. The van der Waals surface area contributed by atoms with Crippen LogP contribution in [0.15, 0.2) is 34.8 Å². The number of nitrogens with zero attached hydrogens (tertiary/aromatic N) is 1. The molecule has 1 aliphatic carbocycles. The van der Waals surface area contributed by atoms with Crippen molar-refractivity contribution in [1.82, 2.24) is 4.98 Å². The van der Waals surface area contributed by atoms with E-state index in [-0.39, 0.29) is 18.4 Å². The van der Waals surface area contributed by atoms with Crippen LogP contribution in [-0.2, 0) is 4.74 Å². The van der Waals surface area contributed by atoms with E-state index in [0.29, 0.717) is 15.7 Å². The molecule has 0 saturated carbocycles. The van der Waals surface area contributed by atoms with E-state index in [1.807, 2.05) is 31.2 Å². The lowest BCUT2D eigenvalue weighted by atomic mass is 10.1. The number of aromatic nitrogens is 1. The number of aliphatic hydroxyl groups is 1. The summed E-state index contributed by atoms with van der Waals surface area (Å²) in [7, 11) is 0. The number of ether oxygens (including phenoxy) is 1. The van der Waals surface area contributed by atoms with Crippen LogP contribution >= 0.6 is 15.9 Å². The maximum absolute atomic E-state index is 14.4. The molecule has 0 fully saturated rings. The Morgan fingerprint density at radius 2 is 2.00 bits per heavy atom. The highest BCUT2D eigenvalue weighted by molar-refractivity contribution is 9.12. The van der Waals surface area contributed by atoms with Gasteiger partial charge in [0.15, 0.2) is 5.83 Å². The molecule has 0 saturated heterocycles. The van der Waals surface area contributed by atoms with Crippen LogP contribution in [0.5, 0.6) is 0 Å². The van der Waals surface area contributed by atoms with Crippen LogP contribution in [0, 0.1) is 0 Å². The lowest BCUT2D eigenvalue weighted by Crippen LogP contribution is -2.14. The molecule has 1 aliphatic rings. The number of halogens is 2. The van der Waals surface area contributed by atoms with Crippen LogP contribution in [0.3, 0.4) is 0 Å². The number of fused-ring (bicyclic) bond motifs is 1. The number of hydrogen-bond donors (Lipinski definition) is 1. The van der Waals surface area contributed by atoms with Gasteiger partial charge in [-0.2, -0.15) is 0 Å². The van der Waals surface area contributed by atoms with E-state index in [4.69, 9.17) is 4.74 Å². The van der Waals surface area contributed by atoms with Gasteiger partial charge in [-0.1, -0.05) is 24.3 Å². The number of allylic oxidation sites excluding steroid dienone is 4. The van der Waals surface area contributed by atoms with Gasteiger partial charge in [0.2, 0.25) is 0 Å². The molecule has 0 radical (unpaired) electrons. The summed E-state index contributed by atoms with van der Waals surface area (Å²) in [5, 5.41) is 9.25. The highest BCUT2D eigenvalue weighted by atomic mass is 79.9. The molecule has 21 heavy (non-hydrogen) atoms. The predicted octanol–water partition coefficient (Wildman–Crippen LogP) is 4.16. The molecule has 2 atom stereocenters. The van der Waals surface area contributed by atoms with E-state index in [1.54, 1.807) is 19.1 Å². The summed E-state index contributed by atoms with van der Waals surface area (Å²) in [4.78, 5) is 4.37. The van der Waals surface area contributed by atoms with E-state index < -0.39 is 11.9 Å². The lowest BCUT2D eigenvalue weighted by Gasteiger charge is -2.16. The summed E-state index contributed by atoms with van der Waals surface area (Å²) in [6.07, 6.45) is 6.17. The smallest absolute Gasteiger partial charge is 0.163 e. The highest BCUT2D eigenvalue weighted by Gasteiger charge is 2.16. The molecular weight excluding hydrogens is 337 g/mol. The third kappa shape index (κ3) is 4.09. The van der Waals surface area contributed by atoms with Crippen LogP contribution in [0.2, 0.25) is 0 Å². The van der Waals surface area contributed by atoms with Crippen LogP contribution in [0.4, 0.5) is 4.39 Å². The summed E-state index contributed by atoms with van der Waals surface area (Å²) >= 11 is 3.20. The monoisotopic (exact) mass is 353 g/mol. The molecule has 0 amide bonds. The molecule has 0 aromatic carbocycles. The van der Waals surface area contributed by atoms with Gasteiger partial charge in [-0.25, -0.2) is 9.37 Å². The summed E-state index contributed by atoms with van der Waals surface area (Å²) in [6, 6.07) is 3.62. The Balaban J connectivity index is 2.34. The van der Waals surface area contributed by atoms with Gasteiger partial charge < -0.3 is 9.84 Å². The molecular formula is C16H17BrFNO2. The fraction of sp³-hybridized carbons (Fsp3) is 0.312. The van der Waals surface area contributed by atoms with Crippen molar-refractivity contribution in [1.29, 1.82) is 0 Å². The number of rotatable bonds is 4. The van der Waals surface area contributed by atoms with Crippen LogP contribution < -0.4 is 0 Å². The minimum absolute atomic E-state index is 0.213. The first-order valence-corrected chi connectivity index (χ1v) is 7.49. The van der Waals surface area contributed by atoms with Gasteiger partial charge in [0.05, 0.1) is 29.0 Å². The second kappa shape index (κ2) is 7.11. The molecule has 0 spiro atoms. The Bertz CT molecular complexity index is 608. The highest BCUT2D eigenvalue weighted by Crippen LogP contribution is 2.30. The standard InChI is InChI=1S/C16H17BrFNO2/c1-10(20)9-21-11(2)14-8-7-12-5-3-4-6-13(17)15(18)16(12)19-14/h3-8,10-11,20H,9H2,1-2H3/t10?,11-/m1/s1. The summed E-state index contributed by atoms with van der Waals surface area (Å²) in [6.45, 7) is 3.69. The van der Waals surface area contributed by atoms with E-state index in [9.17, 15) is 9.50 Å². The van der Waals surface area contributed by atoms with Crippen molar-refractivity contribution in [3.8, 4) is 0 Å². The zero-order chi connectivity index (χ0) is 15.4. The van der Waals surface area contributed by atoms with Crippen molar-refractivity contribution in [2.75, 3.05) is 6.61 Å². The minimum Gasteiger partial charge on any atom is -0.391 e. The third-order valence-electron chi connectivity index (χ3n) is 3.00. The quantitative estimate of drug-likeness (QED) is 0.883. The summed E-state index contributed by atoms with van der Waals surface area (Å²) < 4.78 is 20.2. The van der Waals surface area contributed by atoms with E-state index in [0.717, 1.165) is 0 Å². The summed E-state index contributed by atoms with van der Waals surface area (Å²) in [5.41, 5.74) is 1.62. The molecule has 0 aliphatic heterocycles. The van der Waals surface area contributed by atoms with Gasteiger partial charge in [-0.05, 0) is 41.9 Å². The lowest BCUT2D eigenvalue weighted by molar-refractivity contribution is 0.00273.